The highest BCUT2D eigenvalue weighted by atomic mass is 32.2. The fraction of sp³-hybridized carbons (Fsp3) is 0.500. The van der Waals surface area contributed by atoms with E-state index in [0.717, 1.165) is 0 Å². The maximum absolute atomic E-state index is 12.1. The van der Waals surface area contributed by atoms with Crippen molar-refractivity contribution in [2.75, 3.05) is 18.5 Å². The topological polar surface area (TPSA) is 78.4 Å². The third kappa shape index (κ3) is 4.29. The third-order valence-corrected chi connectivity index (χ3v) is 3.93. The maximum atomic E-state index is 12.1. The molecule has 0 unspecified atom stereocenters. The monoisotopic (exact) mass is 272 g/mol. The van der Waals surface area contributed by atoms with E-state index >= 15 is 0 Å². The second-order valence-corrected chi connectivity index (χ2v) is 5.96. The van der Waals surface area contributed by atoms with Crippen LogP contribution in [0.25, 0.3) is 0 Å². The molecule has 102 valence electrons. The Labute approximate surface area is 108 Å². The van der Waals surface area contributed by atoms with Crippen molar-refractivity contribution in [3.8, 4) is 0 Å². The van der Waals surface area contributed by atoms with Gasteiger partial charge in [-0.15, -0.1) is 0 Å². The fourth-order valence-electron chi connectivity index (χ4n) is 1.52. The molecule has 1 rings (SSSR count). The lowest BCUT2D eigenvalue weighted by atomic mass is 10.3. The average Bonchev–Trinajstić information content (AvgIpc) is 2.28. The molecule has 0 fully saturated rings. The van der Waals surface area contributed by atoms with Crippen LogP contribution in [0, 0.1) is 0 Å². The molecular weight excluding hydrogens is 252 g/mol. The zero-order valence-electron chi connectivity index (χ0n) is 10.7. The van der Waals surface area contributed by atoms with Gasteiger partial charge in [-0.2, -0.15) is 0 Å². The molecule has 0 aliphatic heterocycles. The summed E-state index contributed by atoms with van der Waals surface area (Å²) >= 11 is 0. The fourth-order valence-corrected chi connectivity index (χ4v) is 2.96. The van der Waals surface area contributed by atoms with E-state index in [-0.39, 0.29) is 17.5 Å². The van der Waals surface area contributed by atoms with E-state index in [4.69, 9.17) is 5.11 Å². The first kappa shape index (κ1) is 14.9. The summed E-state index contributed by atoms with van der Waals surface area (Å²) in [6.45, 7) is 4.16. The summed E-state index contributed by atoms with van der Waals surface area (Å²) in [6.07, 6.45) is 0.575. The van der Waals surface area contributed by atoms with Gasteiger partial charge in [-0.05, 0) is 32.4 Å². The molecule has 5 nitrogen and oxygen atoms in total. The standard InChI is InChI=1S/C12H20N2O3S/c1-10(2)14-18(16,17)12-7-4-3-6-11(12)13-8-5-9-15/h3-4,6-7,10,13-15H,5,8-9H2,1-2H3. The molecule has 1 aromatic carbocycles. The molecule has 3 N–H and O–H groups in total. The average molecular weight is 272 g/mol. The van der Waals surface area contributed by atoms with Gasteiger partial charge in [0.2, 0.25) is 10.0 Å². The number of hydrogen-bond acceptors (Lipinski definition) is 4. The first-order chi connectivity index (χ1) is 8.47. The molecule has 1 aromatic rings. The number of rotatable bonds is 7. The van der Waals surface area contributed by atoms with Gasteiger partial charge < -0.3 is 10.4 Å². The van der Waals surface area contributed by atoms with Crippen molar-refractivity contribution >= 4 is 15.7 Å². The molecule has 0 radical (unpaired) electrons. The van der Waals surface area contributed by atoms with Crippen LogP contribution in [0.1, 0.15) is 20.3 Å². The molecule has 18 heavy (non-hydrogen) atoms. The zero-order chi connectivity index (χ0) is 13.6. The molecule has 0 aromatic heterocycles. The lowest BCUT2D eigenvalue weighted by Crippen LogP contribution is -2.30. The maximum Gasteiger partial charge on any atom is 0.242 e. The molecule has 0 atom stereocenters. The van der Waals surface area contributed by atoms with Crippen LogP contribution in [0.4, 0.5) is 5.69 Å². The predicted molar refractivity (Wildman–Crippen MR) is 72.1 cm³/mol. The molecule has 0 aliphatic rings. The van der Waals surface area contributed by atoms with Crippen LogP contribution in [-0.4, -0.2) is 32.7 Å². The minimum Gasteiger partial charge on any atom is -0.396 e. The quantitative estimate of drug-likeness (QED) is 0.651. The van der Waals surface area contributed by atoms with Gasteiger partial charge in [0.05, 0.1) is 5.69 Å². The second kappa shape index (κ2) is 6.72. The summed E-state index contributed by atoms with van der Waals surface area (Å²) < 4.78 is 26.7. The Kier molecular flexibility index (Phi) is 5.58. The van der Waals surface area contributed by atoms with E-state index in [2.05, 4.69) is 10.0 Å². The van der Waals surface area contributed by atoms with Crippen LogP contribution in [-0.2, 0) is 10.0 Å². The van der Waals surface area contributed by atoms with Crippen LogP contribution in [0.2, 0.25) is 0 Å². The van der Waals surface area contributed by atoms with Gasteiger partial charge in [-0.25, -0.2) is 13.1 Å². The first-order valence-corrected chi connectivity index (χ1v) is 7.42. The largest absolute Gasteiger partial charge is 0.396 e. The molecule has 0 saturated heterocycles. The molecule has 0 bridgehead atoms. The number of sulfonamides is 1. The lowest BCUT2D eigenvalue weighted by molar-refractivity contribution is 0.292. The number of para-hydroxylation sites is 1. The molecule has 0 aliphatic carbocycles. The first-order valence-electron chi connectivity index (χ1n) is 5.93. The van der Waals surface area contributed by atoms with Crippen LogP contribution in [0.15, 0.2) is 29.2 Å². The summed E-state index contributed by atoms with van der Waals surface area (Å²) in [4.78, 5) is 0.233. The normalized spacial score (nSPS) is 11.8. The minimum atomic E-state index is -3.50. The SMILES string of the molecule is CC(C)NS(=O)(=O)c1ccccc1NCCCO. The summed E-state index contributed by atoms with van der Waals surface area (Å²) in [5.41, 5.74) is 0.555. The van der Waals surface area contributed by atoms with Gasteiger partial charge in [-0.3, -0.25) is 0 Å². The van der Waals surface area contributed by atoms with E-state index in [9.17, 15) is 8.42 Å². The Morgan fingerprint density at radius 1 is 1.28 bits per heavy atom. The van der Waals surface area contributed by atoms with Gasteiger partial charge in [0.15, 0.2) is 0 Å². The molecule has 0 amide bonds. The van der Waals surface area contributed by atoms with E-state index in [1.165, 1.54) is 0 Å². The van der Waals surface area contributed by atoms with Gasteiger partial charge in [-0.1, -0.05) is 12.1 Å². The molecule has 0 heterocycles. The van der Waals surface area contributed by atoms with E-state index in [1.54, 1.807) is 38.1 Å². The van der Waals surface area contributed by atoms with Gasteiger partial charge in [0.1, 0.15) is 4.90 Å². The Balaban J connectivity index is 2.94. The smallest absolute Gasteiger partial charge is 0.242 e. The Morgan fingerprint density at radius 2 is 1.94 bits per heavy atom. The molecule has 6 heteroatoms. The van der Waals surface area contributed by atoms with Gasteiger partial charge in [0.25, 0.3) is 0 Å². The van der Waals surface area contributed by atoms with Crippen LogP contribution < -0.4 is 10.0 Å². The lowest BCUT2D eigenvalue weighted by Gasteiger charge is -2.14. The minimum absolute atomic E-state index is 0.0756. The molecule has 0 saturated carbocycles. The van der Waals surface area contributed by atoms with Crippen LogP contribution in [0.3, 0.4) is 0 Å². The van der Waals surface area contributed by atoms with Gasteiger partial charge in [0, 0.05) is 19.2 Å². The van der Waals surface area contributed by atoms with Crippen molar-refractivity contribution in [2.45, 2.75) is 31.2 Å². The number of benzene rings is 1. The van der Waals surface area contributed by atoms with Gasteiger partial charge >= 0.3 is 0 Å². The highest BCUT2D eigenvalue weighted by Crippen LogP contribution is 2.20. The van der Waals surface area contributed by atoms with Crippen molar-refractivity contribution in [1.82, 2.24) is 4.72 Å². The number of aliphatic hydroxyl groups is 1. The zero-order valence-corrected chi connectivity index (χ0v) is 11.5. The Bertz CT molecular complexity index is 472. The highest BCUT2D eigenvalue weighted by Gasteiger charge is 2.18. The third-order valence-electron chi connectivity index (χ3n) is 2.22. The Morgan fingerprint density at radius 3 is 2.56 bits per heavy atom. The predicted octanol–water partition coefficient (Wildman–Crippen LogP) is 1.17. The van der Waals surface area contributed by atoms with Crippen molar-refractivity contribution in [2.24, 2.45) is 0 Å². The summed E-state index contributed by atoms with van der Waals surface area (Å²) in [7, 11) is -3.50. The number of hydrogen-bond donors (Lipinski definition) is 3. The van der Waals surface area contributed by atoms with Crippen molar-refractivity contribution in [1.29, 1.82) is 0 Å². The van der Waals surface area contributed by atoms with Crippen molar-refractivity contribution in [3.63, 3.8) is 0 Å². The van der Waals surface area contributed by atoms with E-state index in [0.29, 0.717) is 18.7 Å². The van der Waals surface area contributed by atoms with Crippen LogP contribution in [0.5, 0.6) is 0 Å². The molecule has 0 spiro atoms. The number of nitrogens with one attached hydrogen (secondary N) is 2. The summed E-state index contributed by atoms with van der Waals surface area (Å²) in [5, 5.41) is 11.7. The van der Waals surface area contributed by atoms with Crippen molar-refractivity contribution in [3.05, 3.63) is 24.3 Å². The number of aliphatic hydroxyl groups excluding tert-OH is 1. The van der Waals surface area contributed by atoms with E-state index in [1.807, 2.05) is 0 Å². The summed E-state index contributed by atoms with van der Waals surface area (Å²) in [5.74, 6) is 0. The number of anilines is 1. The van der Waals surface area contributed by atoms with Crippen molar-refractivity contribution < 1.29 is 13.5 Å². The second-order valence-electron chi connectivity index (χ2n) is 4.28. The Hall–Kier alpha value is -1.11. The molecular formula is C12H20N2O3S. The summed E-state index contributed by atoms with van der Waals surface area (Å²) in [6, 6.07) is 6.58. The van der Waals surface area contributed by atoms with E-state index < -0.39 is 10.0 Å². The highest BCUT2D eigenvalue weighted by molar-refractivity contribution is 7.89. The van der Waals surface area contributed by atoms with Crippen LogP contribution >= 0.6 is 0 Å².